The van der Waals surface area contributed by atoms with Crippen LogP contribution in [0.2, 0.25) is 0 Å². The predicted molar refractivity (Wildman–Crippen MR) is 97.0 cm³/mol. The molecule has 3 rings (SSSR count). The lowest BCUT2D eigenvalue weighted by Gasteiger charge is -2.34. The van der Waals surface area contributed by atoms with Gasteiger partial charge in [0, 0.05) is 31.9 Å². The first kappa shape index (κ1) is 17.4. The van der Waals surface area contributed by atoms with Gasteiger partial charge in [-0.1, -0.05) is 30.3 Å². The molecule has 0 spiro atoms. The van der Waals surface area contributed by atoms with Crippen LogP contribution in [0.1, 0.15) is 5.56 Å². The van der Waals surface area contributed by atoms with Crippen molar-refractivity contribution in [3.05, 3.63) is 60.2 Å². The number of carbonyl (C=O) groups is 1. The lowest BCUT2D eigenvalue weighted by molar-refractivity contribution is 0.184. The molecule has 1 N–H and O–H groups in total. The second-order valence-corrected chi connectivity index (χ2v) is 7.94. The third-order valence-corrected chi connectivity index (χ3v) is 6.09. The molecule has 1 saturated heterocycles. The number of hydrogen-bond donors (Lipinski definition) is 1. The number of benzene rings is 2. The van der Waals surface area contributed by atoms with E-state index >= 15 is 0 Å². The molecule has 6 nitrogen and oxygen atoms in total. The summed E-state index contributed by atoms with van der Waals surface area (Å²) in [5, 5.41) is 2.86. The van der Waals surface area contributed by atoms with E-state index in [1.165, 1.54) is 4.31 Å². The van der Waals surface area contributed by atoms with Gasteiger partial charge in [0.15, 0.2) is 0 Å². The fourth-order valence-corrected chi connectivity index (χ4v) is 4.24. The fourth-order valence-electron chi connectivity index (χ4n) is 2.80. The van der Waals surface area contributed by atoms with Gasteiger partial charge in [-0.05, 0) is 36.8 Å². The minimum absolute atomic E-state index is 0.206. The van der Waals surface area contributed by atoms with Crippen molar-refractivity contribution >= 4 is 21.7 Å². The first-order valence-electron chi connectivity index (χ1n) is 8.14. The number of nitrogens with zero attached hydrogens (tertiary/aromatic N) is 2. The molecule has 1 fully saturated rings. The van der Waals surface area contributed by atoms with E-state index in [0.717, 1.165) is 11.3 Å². The number of urea groups is 1. The zero-order chi connectivity index (χ0) is 17.9. The van der Waals surface area contributed by atoms with Gasteiger partial charge in [0.05, 0.1) is 4.90 Å². The Bertz CT molecular complexity index is 845. The van der Waals surface area contributed by atoms with Gasteiger partial charge < -0.3 is 10.2 Å². The quantitative estimate of drug-likeness (QED) is 0.915. The van der Waals surface area contributed by atoms with Crippen LogP contribution in [0.25, 0.3) is 0 Å². The molecule has 7 heteroatoms. The van der Waals surface area contributed by atoms with E-state index < -0.39 is 10.0 Å². The Morgan fingerprint density at radius 1 is 0.960 bits per heavy atom. The van der Waals surface area contributed by atoms with Crippen molar-refractivity contribution in [3.63, 3.8) is 0 Å². The minimum Gasteiger partial charge on any atom is -0.322 e. The van der Waals surface area contributed by atoms with Gasteiger partial charge in [0.1, 0.15) is 0 Å². The summed E-state index contributed by atoms with van der Waals surface area (Å²) in [5.74, 6) is 0. The Labute approximate surface area is 148 Å². The smallest absolute Gasteiger partial charge is 0.321 e. The number of nitrogens with one attached hydrogen (secondary N) is 1. The molecule has 1 aliphatic rings. The summed E-state index contributed by atoms with van der Waals surface area (Å²) in [6.07, 6.45) is 0. The van der Waals surface area contributed by atoms with Crippen LogP contribution in [0.4, 0.5) is 10.5 Å². The van der Waals surface area contributed by atoms with E-state index in [4.69, 9.17) is 0 Å². The van der Waals surface area contributed by atoms with Gasteiger partial charge in [-0.2, -0.15) is 4.31 Å². The Balaban J connectivity index is 1.61. The lowest BCUT2D eigenvalue weighted by Crippen LogP contribution is -2.51. The van der Waals surface area contributed by atoms with Crippen LogP contribution in [-0.2, 0) is 10.0 Å². The molecule has 0 aliphatic carbocycles. The third kappa shape index (κ3) is 4.00. The molecule has 0 bridgehead atoms. The molecule has 2 aromatic carbocycles. The van der Waals surface area contributed by atoms with Crippen LogP contribution in [-0.4, -0.2) is 49.8 Å². The highest BCUT2D eigenvalue weighted by molar-refractivity contribution is 7.89. The molecular formula is C18H21N3O3S. The maximum absolute atomic E-state index is 12.6. The molecule has 25 heavy (non-hydrogen) atoms. The molecule has 0 unspecified atom stereocenters. The molecule has 1 heterocycles. The average Bonchev–Trinajstić information content (AvgIpc) is 2.62. The maximum atomic E-state index is 12.6. The summed E-state index contributed by atoms with van der Waals surface area (Å²) in [5.41, 5.74) is 1.81. The SMILES string of the molecule is Cc1cccc(NC(=O)N2CCN(S(=O)(=O)c3ccccc3)CC2)c1. The molecule has 0 saturated carbocycles. The van der Waals surface area contributed by atoms with Gasteiger partial charge in [0.25, 0.3) is 0 Å². The van der Waals surface area contributed by atoms with Gasteiger partial charge in [-0.3, -0.25) is 0 Å². The first-order chi connectivity index (χ1) is 12.0. The van der Waals surface area contributed by atoms with E-state index in [1.807, 2.05) is 31.2 Å². The summed E-state index contributed by atoms with van der Waals surface area (Å²) < 4.78 is 26.6. The molecular weight excluding hydrogens is 338 g/mol. The summed E-state index contributed by atoms with van der Waals surface area (Å²) in [4.78, 5) is 14.3. The second-order valence-electron chi connectivity index (χ2n) is 6.00. The lowest BCUT2D eigenvalue weighted by atomic mass is 10.2. The second kappa shape index (κ2) is 7.25. The number of rotatable bonds is 3. The van der Waals surface area contributed by atoms with Gasteiger partial charge in [0.2, 0.25) is 10.0 Å². The Kier molecular flexibility index (Phi) is 5.06. The number of carbonyl (C=O) groups excluding carboxylic acids is 1. The monoisotopic (exact) mass is 359 g/mol. The average molecular weight is 359 g/mol. The first-order valence-corrected chi connectivity index (χ1v) is 9.58. The molecule has 2 aromatic rings. The van der Waals surface area contributed by atoms with Crippen molar-refractivity contribution < 1.29 is 13.2 Å². The topological polar surface area (TPSA) is 69.7 Å². The number of piperazine rings is 1. The van der Waals surface area contributed by atoms with Crippen LogP contribution >= 0.6 is 0 Å². The summed E-state index contributed by atoms with van der Waals surface area (Å²) >= 11 is 0. The van der Waals surface area contributed by atoms with E-state index in [2.05, 4.69) is 5.32 Å². The van der Waals surface area contributed by atoms with Crippen molar-refractivity contribution in [1.29, 1.82) is 0 Å². The van der Waals surface area contributed by atoms with Crippen molar-refractivity contribution in [2.75, 3.05) is 31.5 Å². The third-order valence-electron chi connectivity index (χ3n) is 4.18. The highest BCUT2D eigenvalue weighted by atomic mass is 32.2. The highest BCUT2D eigenvalue weighted by Gasteiger charge is 2.29. The summed E-state index contributed by atoms with van der Waals surface area (Å²) in [6, 6.07) is 15.7. The zero-order valence-electron chi connectivity index (χ0n) is 14.1. The maximum Gasteiger partial charge on any atom is 0.321 e. The zero-order valence-corrected chi connectivity index (χ0v) is 14.9. The summed E-state index contributed by atoms with van der Waals surface area (Å²) in [6.45, 7) is 3.27. The van der Waals surface area contributed by atoms with Crippen molar-refractivity contribution in [3.8, 4) is 0 Å². The number of amides is 2. The van der Waals surface area contributed by atoms with Crippen LogP contribution in [0.3, 0.4) is 0 Å². The van der Waals surface area contributed by atoms with Gasteiger partial charge in [-0.25, -0.2) is 13.2 Å². The van der Waals surface area contributed by atoms with Crippen LogP contribution in [0.15, 0.2) is 59.5 Å². The number of hydrogen-bond acceptors (Lipinski definition) is 3. The van der Waals surface area contributed by atoms with Gasteiger partial charge in [-0.15, -0.1) is 0 Å². The van der Waals surface area contributed by atoms with Crippen LogP contribution < -0.4 is 5.32 Å². The standard InChI is InChI=1S/C18H21N3O3S/c1-15-6-5-7-16(14-15)19-18(22)20-10-12-21(13-11-20)25(23,24)17-8-3-2-4-9-17/h2-9,14H,10-13H2,1H3,(H,19,22). The number of sulfonamides is 1. The number of anilines is 1. The van der Waals surface area contributed by atoms with Crippen LogP contribution in [0, 0.1) is 6.92 Å². The minimum atomic E-state index is -3.50. The van der Waals surface area contributed by atoms with Crippen molar-refractivity contribution in [2.24, 2.45) is 0 Å². The molecule has 0 atom stereocenters. The largest absolute Gasteiger partial charge is 0.322 e. The van der Waals surface area contributed by atoms with Crippen molar-refractivity contribution in [1.82, 2.24) is 9.21 Å². The molecule has 0 radical (unpaired) electrons. The van der Waals surface area contributed by atoms with E-state index in [9.17, 15) is 13.2 Å². The fraction of sp³-hybridized carbons (Fsp3) is 0.278. The Morgan fingerprint density at radius 3 is 2.28 bits per heavy atom. The molecule has 1 aliphatic heterocycles. The van der Waals surface area contributed by atoms with E-state index in [0.29, 0.717) is 26.2 Å². The van der Waals surface area contributed by atoms with Crippen LogP contribution in [0.5, 0.6) is 0 Å². The molecule has 0 aromatic heterocycles. The van der Waals surface area contributed by atoms with Crippen molar-refractivity contribution in [2.45, 2.75) is 11.8 Å². The Hall–Kier alpha value is -2.38. The number of aryl methyl sites for hydroxylation is 1. The molecule has 132 valence electrons. The van der Waals surface area contributed by atoms with E-state index in [1.54, 1.807) is 35.2 Å². The Morgan fingerprint density at radius 2 is 1.64 bits per heavy atom. The normalized spacial score (nSPS) is 15.8. The predicted octanol–water partition coefficient (Wildman–Crippen LogP) is 2.53. The van der Waals surface area contributed by atoms with E-state index in [-0.39, 0.29) is 10.9 Å². The summed E-state index contributed by atoms with van der Waals surface area (Å²) in [7, 11) is -3.50. The molecule has 2 amide bonds. The highest BCUT2D eigenvalue weighted by Crippen LogP contribution is 2.18. The van der Waals surface area contributed by atoms with Gasteiger partial charge >= 0.3 is 6.03 Å².